The molecule has 3 unspecified atom stereocenters. The van der Waals surface area contributed by atoms with E-state index in [0.29, 0.717) is 6.61 Å². The molecule has 4 nitrogen and oxygen atoms in total. The molecular formula is C16H20O4S. The predicted octanol–water partition coefficient (Wildman–Crippen LogP) is 2.55. The first-order valence-electron chi connectivity index (χ1n) is 7.57. The lowest BCUT2D eigenvalue weighted by Gasteiger charge is -2.37. The van der Waals surface area contributed by atoms with Crippen molar-refractivity contribution in [3.05, 3.63) is 23.8 Å². The van der Waals surface area contributed by atoms with Gasteiger partial charge in [0.15, 0.2) is 0 Å². The summed E-state index contributed by atoms with van der Waals surface area (Å²) in [5.74, 6) is 3.86. The first kappa shape index (κ1) is 13.7. The fourth-order valence-electron chi connectivity index (χ4n) is 3.39. The van der Waals surface area contributed by atoms with Gasteiger partial charge in [-0.15, -0.1) is 0 Å². The van der Waals surface area contributed by atoms with Crippen molar-refractivity contribution in [1.29, 1.82) is 0 Å². The second kappa shape index (κ2) is 5.38. The van der Waals surface area contributed by atoms with Gasteiger partial charge in [-0.3, -0.25) is 0 Å². The van der Waals surface area contributed by atoms with Crippen LogP contribution >= 0.6 is 11.8 Å². The van der Waals surface area contributed by atoms with E-state index in [1.165, 1.54) is 5.75 Å². The van der Waals surface area contributed by atoms with Crippen LogP contribution in [0.15, 0.2) is 18.2 Å². The Morgan fingerprint density at radius 1 is 1.38 bits per heavy atom. The number of benzene rings is 1. The maximum atomic E-state index is 9.75. The van der Waals surface area contributed by atoms with E-state index in [-0.39, 0.29) is 11.7 Å². The van der Waals surface area contributed by atoms with Gasteiger partial charge < -0.3 is 19.3 Å². The molecule has 1 aromatic carbocycles. The minimum absolute atomic E-state index is 0.0387. The minimum Gasteiger partial charge on any atom is -0.490 e. The lowest BCUT2D eigenvalue weighted by molar-refractivity contribution is -0.0959. The van der Waals surface area contributed by atoms with Crippen LogP contribution in [0, 0.1) is 0 Å². The number of aliphatic hydroxyl groups is 1. The SMILES string of the molecule is OC1COc2cc(OC3CCOC4(CCSC4)C3)ccc21. The molecule has 1 aromatic rings. The lowest BCUT2D eigenvalue weighted by atomic mass is 9.91. The largest absolute Gasteiger partial charge is 0.490 e. The van der Waals surface area contributed by atoms with Gasteiger partial charge in [-0.1, -0.05) is 0 Å². The molecule has 5 heteroatoms. The standard InChI is InChI=1S/C16H20O4S/c17-14-9-18-15-7-11(1-2-13(14)15)20-12-3-5-19-16(8-12)4-6-21-10-16/h1-2,7,12,14,17H,3-6,8-10H2. The number of rotatable bonds is 2. The van der Waals surface area contributed by atoms with Gasteiger partial charge in [-0.05, 0) is 24.3 Å². The summed E-state index contributed by atoms with van der Waals surface area (Å²) >= 11 is 1.98. The van der Waals surface area contributed by atoms with Crippen molar-refractivity contribution in [2.24, 2.45) is 0 Å². The molecule has 21 heavy (non-hydrogen) atoms. The fraction of sp³-hybridized carbons (Fsp3) is 0.625. The number of thioether (sulfide) groups is 1. The highest BCUT2D eigenvalue weighted by molar-refractivity contribution is 7.99. The Kier molecular flexibility index (Phi) is 3.52. The normalized spacial score (nSPS) is 34.7. The molecule has 0 bridgehead atoms. The van der Waals surface area contributed by atoms with Crippen molar-refractivity contribution < 1.29 is 19.3 Å². The number of fused-ring (bicyclic) bond motifs is 1. The Bertz CT molecular complexity index is 527. The van der Waals surface area contributed by atoms with Crippen LogP contribution in [0.4, 0.5) is 0 Å². The highest BCUT2D eigenvalue weighted by atomic mass is 32.2. The van der Waals surface area contributed by atoms with E-state index >= 15 is 0 Å². The zero-order chi connectivity index (χ0) is 14.3. The molecule has 0 aliphatic carbocycles. The maximum absolute atomic E-state index is 9.75. The van der Waals surface area contributed by atoms with Crippen LogP contribution in [0.1, 0.15) is 30.9 Å². The summed E-state index contributed by atoms with van der Waals surface area (Å²) in [4.78, 5) is 0. The van der Waals surface area contributed by atoms with Crippen molar-refractivity contribution >= 4 is 11.8 Å². The van der Waals surface area contributed by atoms with Crippen LogP contribution in [0.2, 0.25) is 0 Å². The zero-order valence-electron chi connectivity index (χ0n) is 11.9. The third-order valence-corrected chi connectivity index (χ3v) is 5.78. The van der Waals surface area contributed by atoms with Crippen molar-refractivity contribution in [3.63, 3.8) is 0 Å². The number of aliphatic hydroxyl groups excluding tert-OH is 1. The molecular weight excluding hydrogens is 288 g/mol. The number of ether oxygens (including phenoxy) is 3. The van der Waals surface area contributed by atoms with Gasteiger partial charge in [0.05, 0.1) is 12.2 Å². The minimum atomic E-state index is -0.504. The molecule has 0 aromatic heterocycles. The van der Waals surface area contributed by atoms with Crippen molar-refractivity contribution in [1.82, 2.24) is 0 Å². The topological polar surface area (TPSA) is 47.9 Å². The lowest BCUT2D eigenvalue weighted by Crippen LogP contribution is -2.43. The Labute approximate surface area is 128 Å². The smallest absolute Gasteiger partial charge is 0.129 e. The van der Waals surface area contributed by atoms with Crippen LogP contribution in [0.3, 0.4) is 0 Å². The van der Waals surface area contributed by atoms with E-state index in [4.69, 9.17) is 14.2 Å². The van der Waals surface area contributed by atoms with Gasteiger partial charge in [0.1, 0.15) is 30.3 Å². The third-order valence-electron chi connectivity index (χ3n) is 4.56. The monoisotopic (exact) mass is 308 g/mol. The molecule has 3 aliphatic heterocycles. The summed E-state index contributed by atoms with van der Waals surface area (Å²) in [7, 11) is 0. The second-order valence-electron chi connectivity index (χ2n) is 6.09. The van der Waals surface area contributed by atoms with E-state index in [1.54, 1.807) is 0 Å². The van der Waals surface area contributed by atoms with E-state index in [9.17, 15) is 5.11 Å². The molecule has 1 spiro atoms. The summed E-state index contributed by atoms with van der Waals surface area (Å²) < 4.78 is 17.7. The van der Waals surface area contributed by atoms with E-state index < -0.39 is 6.10 Å². The molecule has 3 heterocycles. The molecule has 0 amide bonds. The van der Waals surface area contributed by atoms with Crippen LogP contribution < -0.4 is 9.47 Å². The number of hydrogen-bond donors (Lipinski definition) is 1. The molecule has 1 N–H and O–H groups in total. The van der Waals surface area contributed by atoms with E-state index in [2.05, 4.69) is 0 Å². The second-order valence-corrected chi connectivity index (χ2v) is 7.20. The Morgan fingerprint density at radius 3 is 3.19 bits per heavy atom. The molecule has 3 atom stereocenters. The first-order valence-corrected chi connectivity index (χ1v) is 8.73. The Balaban J connectivity index is 1.46. The van der Waals surface area contributed by atoms with Crippen LogP contribution in [0.5, 0.6) is 11.5 Å². The van der Waals surface area contributed by atoms with Gasteiger partial charge in [0.25, 0.3) is 0 Å². The fourth-order valence-corrected chi connectivity index (χ4v) is 4.76. The molecule has 0 radical (unpaired) electrons. The average molecular weight is 308 g/mol. The first-order chi connectivity index (χ1) is 10.2. The molecule has 4 rings (SSSR count). The highest BCUT2D eigenvalue weighted by Gasteiger charge is 2.41. The third kappa shape index (κ3) is 2.62. The maximum Gasteiger partial charge on any atom is 0.129 e. The zero-order valence-corrected chi connectivity index (χ0v) is 12.7. The van der Waals surface area contributed by atoms with Crippen molar-refractivity contribution in [3.8, 4) is 11.5 Å². The summed E-state index contributed by atoms with van der Waals surface area (Å²) in [6.45, 7) is 1.13. The summed E-state index contributed by atoms with van der Waals surface area (Å²) in [5, 5.41) is 9.75. The van der Waals surface area contributed by atoms with E-state index in [1.807, 2.05) is 30.0 Å². The summed E-state index contributed by atoms with van der Waals surface area (Å²) in [6.07, 6.45) is 2.75. The predicted molar refractivity (Wildman–Crippen MR) is 81.2 cm³/mol. The molecule has 2 fully saturated rings. The molecule has 0 saturated carbocycles. The van der Waals surface area contributed by atoms with Gasteiger partial charge in [0, 0.05) is 30.2 Å². The van der Waals surface area contributed by atoms with Crippen molar-refractivity contribution in [2.45, 2.75) is 37.1 Å². The van der Waals surface area contributed by atoms with Gasteiger partial charge in [-0.2, -0.15) is 11.8 Å². The Hall–Kier alpha value is -0.910. The molecule has 3 aliphatic rings. The summed E-state index contributed by atoms with van der Waals surface area (Å²) in [6, 6.07) is 5.74. The average Bonchev–Trinajstić information content (AvgIpc) is 3.07. The van der Waals surface area contributed by atoms with Gasteiger partial charge in [0.2, 0.25) is 0 Å². The molecule has 114 valence electrons. The van der Waals surface area contributed by atoms with E-state index in [0.717, 1.165) is 48.7 Å². The summed E-state index contributed by atoms with van der Waals surface area (Å²) in [5.41, 5.74) is 0.898. The van der Waals surface area contributed by atoms with Crippen LogP contribution in [-0.4, -0.2) is 41.5 Å². The molecule has 2 saturated heterocycles. The van der Waals surface area contributed by atoms with Crippen molar-refractivity contribution in [2.75, 3.05) is 24.7 Å². The van der Waals surface area contributed by atoms with Gasteiger partial charge in [-0.25, -0.2) is 0 Å². The van der Waals surface area contributed by atoms with Crippen LogP contribution in [0.25, 0.3) is 0 Å². The quantitative estimate of drug-likeness (QED) is 0.910. The van der Waals surface area contributed by atoms with Crippen LogP contribution in [-0.2, 0) is 4.74 Å². The highest BCUT2D eigenvalue weighted by Crippen LogP contribution is 2.40. The van der Waals surface area contributed by atoms with Gasteiger partial charge >= 0.3 is 0 Å². The number of hydrogen-bond acceptors (Lipinski definition) is 5. The Morgan fingerprint density at radius 2 is 2.33 bits per heavy atom.